The first-order valence-corrected chi connectivity index (χ1v) is 6.57. The van der Waals surface area contributed by atoms with Gasteiger partial charge in [-0.25, -0.2) is 0 Å². The van der Waals surface area contributed by atoms with E-state index in [4.69, 9.17) is 11.6 Å². The number of rotatable bonds is 4. The van der Waals surface area contributed by atoms with Crippen molar-refractivity contribution >= 4 is 34.5 Å². The van der Waals surface area contributed by atoms with Crippen molar-refractivity contribution in [2.24, 2.45) is 0 Å². The largest absolute Gasteiger partial charge is 0.326 e. The van der Waals surface area contributed by atoms with Crippen molar-refractivity contribution in [1.82, 2.24) is 0 Å². The quantitative estimate of drug-likeness (QED) is 0.890. The Bertz CT molecular complexity index is 496. The Balaban J connectivity index is 1.85. The van der Waals surface area contributed by atoms with Crippen LogP contribution >= 0.6 is 22.9 Å². The maximum atomic E-state index is 11.7. The van der Waals surface area contributed by atoms with Crippen LogP contribution in [0.1, 0.15) is 11.3 Å². The Kier molecular flexibility index (Phi) is 4.18. The molecule has 0 radical (unpaired) electrons. The van der Waals surface area contributed by atoms with Crippen LogP contribution in [0.3, 0.4) is 0 Å². The predicted molar refractivity (Wildman–Crippen MR) is 72.7 cm³/mol. The van der Waals surface area contributed by atoms with E-state index in [9.17, 15) is 4.79 Å². The van der Waals surface area contributed by atoms with E-state index in [-0.39, 0.29) is 5.91 Å². The molecular weight excluding hydrogens is 254 g/mol. The third-order valence-corrected chi connectivity index (χ3v) is 3.46. The maximum absolute atomic E-state index is 11.7. The number of thiophene rings is 1. The summed E-state index contributed by atoms with van der Waals surface area (Å²) in [7, 11) is 0. The molecule has 0 fully saturated rings. The first-order chi connectivity index (χ1) is 8.24. The van der Waals surface area contributed by atoms with Crippen molar-refractivity contribution in [3.8, 4) is 0 Å². The summed E-state index contributed by atoms with van der Waals surface area (Å²) in [5, 5.41) is 5.47. The Labute approximate surface area is 109 Å². The van der Waals surface area contributed by atoms with Crippen LogP contribution < -0.4 is 5.32 Å². The zero-order chi connectivity index (χ0) is 12.1. The predicted octanol–water partition coefficient (Wildman–Crippen LogP) is 3.97. The van der Waals surface area contributed by atoms with Gasteiger partial charge in [-0.2, -0.15) is 0 Å². The molecule has 1 N–H and O–H groups in total. The lowest BCUT2D eigenvalue weighted by Gasteiger charge is -2.04. The topological polar surface area (TPSA) is 29.1 Å². The van der Waals surface area contributed by atoms with E-state index < -0.39 is 0 Å². The lowest BCUT2D eigenvalue weighted by molar-refractivity contribution is -0.116. The monoisotopic (exact) mass is 265 g/mol. The average molecular weight is 266 g/mol. The van der Waals surface area contributed by atoms with Crippen LogP contribution in [0, 0.1) is 0 Å². The van der Waals surface area contributed by atoms with E-state index in [2.05, 4.69) is 5.32 Å². The van der Waals surface area contributed by atoms with Crippen LogP contribution in [-0.4, -0.2) is 5.91 Å². The smallest absolute Gasteiger partial charge is 0.224 e. The number of amides is 1. The Morgan fingerprint density at radius 1 is 1.29 bits per heavy atom. The van der Waals surface area contributed by atoms with Gasteiger partial charge in [-0.05, 0) is 36.1 Å². The number of hydrogen-bond acceptors (Lipinski definition) is 2. The molecule has 1 aromatic heterocycles. The van der Waals surface area contributed by atoms with Gasteiger partial charge in [0.15, 0.2) is 0 Å². The summed E-state index contributed by atoms with van der Waals surface area (Å²) in [4.78, 5) is 12.9. The summed E-state index contributed by atoms with van der Waals surface area (Å²) in [5.41, 5.74) is 0.744. The van der Waals surface area contributed by atoms with Gasteiger partial charge in [0.05, 0.1) is 0 Å². The molecule has 0 aliphatic carbocycles. The van der Waals surface area contributed by atoms with Crippen LogP contribution in [0.15, 0.2) is 41.8 Å². The highest BCUT2D eigenvalue weighted by molar-refractivity contribution is 7.09. The normalized spacial score (nSPS) is 10.2. The van der Waals surface area contributed by atoms with Gasteiger partial charge in [0.2, 0.25) is 5.91 Å². The molecule has 1 heterocycles. The Morgan fingerprint density at radius 2 is 2.18 bits per heavy atom. The van der Waals surface area contributed by atoms with Crippen molar-refractivity contribution in [2.45, 2.75) is 12.8 Å². The second-order valence-electron chi connectivity index (χ2n) is 3.64. The molecule has 0 aliphatic rings. The van der Waals surface area contributed by atoms with Crippen molar-refractivity contribution in [2.75, 3.05) is 5.32 Å². The second kappa shape index (κ2) is 5.84. The lowest BCUT2D eigenvalue weighted by Crippen LogP contribution is -2.11. The van der Waals surface area contributed by atoms with Crippen molar-refractivity contribution in [1.29, 1.82) is 0 Å². The third-order valence-electron chi connectivity index (χ3n) is 2.29. The molecule has 0 spiro atoms. The molecule has 0 bridgehead atoms. The van der Waals surface area contributed by atoms with Gasteiger partial charge in [-0.15, -0.1) is 11.3 Å². The summed E-state index contributed by atoms with van der Waals surface area (Å²) >= 11 is 7.51. The number of nitrogens with one attached hydrogen (secondary N) is 1. The molecule has 0 aliphatic heterocycles. The molecule has 4 heteroatoms. The first kappa shape index (κ1) is 12.1. The first-order valence-electron chi connectivity index (χ1n) is 5.32. The van der Waals surface area contributed by atoms with Crippen LogP contribution in [0.25, 0.3) is 0 Å². The molecule has 0 saturated carbocycles. The molecular formula is C13H12ClNOS. The highest BCUT2D eigenvalue weighted by atomic mass is 35.5. The van der Waals surface area contributed by atoms with Crippen molar-refractivity contribution < 1.29 is 4.79 Å². The fraction of sp³-hybridized carbons (Fsp3) is 0.154. The third kappa shape index (κ3) is 3.88. The number of hydrogen-bond donors (Lipinski definition) is 1. The number of halogens is 1. The zero-order valence-corrected chi connectivity index (χ0v) is 10.7. The van der Waals surface area contributed by atoms with Gasteiger partial charge >= 0.3 is 0 Å². The minimum absolute atomic E-state index is 0.0145. The van der Waals surface area contributed by atoms with E-state index in [1.165, 1.54) is 4.88 Å². The van der Waals surface area contributed by atoms with Crippen LogP contribution in [0.2, 0.25) is 5.02 Å². The fourth-order valence-electron chi connectivity index (χ4n) is 1.48. The van der Waals surface area contributed by atoms with Gasteiger partial charge < -0.3 is 5.32 Å². The van der Waals surface area contributed by atoms with E-state index in [0.29, 0.717) is 11.4 Å². The summed E-state index contributed by atoms with van der Waals surface area (Å²) in [6.07, 6.45) is 1.27. The minimum Gasteiger partial charge on any atom is -0.326 e. The van der Waals surface area contributed by atoms with Crippen LogP contribution in [0.4, 0.5) is 5.69 Å². The number of aryl methyl sites for hydroxylation is 1. The molecule has 1 aromatic carbocycles. The summed E-state index contributed by atoms with van der Waals surface area (Å²) < 4.78 is 0. The summed E-state index contributed by atoms with van der Waals surface area (Å²) in [6.45, 7) is 0. The molecule has 0 unspecified atom stereocenters. The Hall–Kier alpha value is -1.32. The van der Waals surface area contributed by atoms with Crippen LogP contribution in [0.5, 0.6) is 0 Å². The summed E-state index contributed by atoms with van der Waals surface area (Å²) in [6, 6.07) is 11.2. The molecule has 1 amide bonds. The van der Waals surface area contributed by atoms with E-state index in [1.807, 2.05) is 29.6 Å². The Morgan fingerprint density at radius 3 is 2.88 bits per heavy atom. The molecule has 2 nitrogen and oxygen atoms in total. The lowest BCUT2D eigenvalue weighted by atomic mass is 10.2. The standard InChI is InChI=1S/C13H12ClNOS/c14-10-3-1-4-11(9-10)15-13(16)7-6-12-5-2-8-17-12/h1-5,8-9H,6-7H2,(H,15,16). The summed E-state index contributed by atoms with van der Waals surface area (Å²) in [5.74, 6) is 0.0145. The average Bonchev–Trinajstić information content (AvgIpc) is 2.79. The number of anilines is 1. The van der Waals surface area contributed by atoms with Crippen molar-refractivity contribution in [3.63, 3.8) is 0 Å². The number of benzene rings is 1. The van der Waals surface area contributed by atoms with E-state index in [1.54, 1.807) is 23.5 Å². The molecule has 17 heavy (non-hydrogen) atoms. The van der Waals surface area contributed by atoms with E-state index >= 15 is 0 Å². The number of carbonyl (C=O) groups excluding carboxylic acids is 1. The molecule has 0 saturated heterocycles. The number of carbonyl (C=O) groups is 1. The molecule has 0 atom stereocenters. The van der Waals surface area contributed by atoms with Gasteiger partial charge in [-0.1, -0.05) is 23.7 Å². The highest BCUT2D eigenvalue weighted by Gasteiger charge is 2.03. The maximum Gasteiger partial charge on any atom is 0.224 e. The molecule has 88 valence electrons. The van der Waals surface area contributed by atoms with E-state index in [0.717, 1.165) is 12.1 Å². The SMILES string of the molecule is O=C(CCc1cccs1)Nc1cccc(Cl)c1. The molecule has 2 rings (SSSR count). The van der Waals surface area contributed by atoms with Gasteiger partial charge in [0.25, 0.3) is 0 Å². The zero-order valence-electron chi connectivity index (χ0n) is 9.15. The van der Waals surface area contributed by atoms with Gasteiger partial charge in [0, 0.05) is 22.0 Å². The van der Waals surface area contributed by atoms with Crippen LogP contribution in [-0.2, 0) is 11.2 Å². The molecule has 2 aromatic rings. The fourth-order valence-corrected chi connectivity index (χ4v) is 2.38. The minimum atomic E-state index is 0.0145. The van der Waals surface area contributed by atoms with Crippen molar-refractivity contribution in [3.05, 3.63) is 51.7 Å². The highest BCUT2D eigenvalue weighted by Crippen LogP contribution is 2.16. The van der Waals surface area contributed by atoms with Gasteiger partial charge in [-0.3, -0.25) is 4.79 Å². The second-order valence-corrected chi connectivity index (χ2v) is 5.11. The van der Waals surface area contributed by atoms with Gasteiger partial charge in [0.1, 0.15) is 0 Å².